The van der Waals surface area contributed by atoms with Gasteiger partial charge in [-0.25, -0.2) is 4.68 Å². The molecule has 0 atom stereocenters. The molecule has 1 N–H and O–H groups in total. The number of tetrazole rings is 1. The maximum Gasteiger partial charge on any atom is 0.269 e. The summed E-state index contributed by atoms with van der Waals surface area (Å²) in [6, 6.07) is 10.2. The van der Waals surface area contributed by atoms with Crippen LogP contribution in [0.25, 0.3) is 0 Å². The summed E-state index contributed by atoms with van der Waals surface area (Å²) in [5.41, 5.74) is 1.95. The second kappa shape index (κ2) is 12.5. The molecule has 2 aromatic carbocycles. The maximum absolute atomic E-state index is 10.8. The van der Waals surface area contributed by atoms with E-state index in [4.69, 9.17) is 9.47 Å². The molecule has 3 aromatic rings. The average molecular weight is 537 g/mol. The molecular weight excluding hydrogens is 512 g/mol. The molecule has 0 saturated carbocycles. The zero-order valence-electron chi connectivity index (χ0n) is 18.4. The van der Waals surface area contributed by atoms with Gasteiger partial charge in [0.2, 0.25) is 5.16 Å². The van der Waals surface area contributed by atoms with E-state index < -0.39 is 4.92 Å². The Morgan fingerprint density at radius 1 is 1.21 bits per heavy atom. The van der Waals surface area contributed by atoms with E-state index in [1.807, 2.05) is 26.1 Å². The molecule has 0 amide bonds. The monoisotopic (exact) mass is 536 g/mol. The first kappa shape index (κ1) is 24.9. The molecule has 0 aliphatic carbocycles. The highest BCUT2D eigenvalue weighted by Crippen LogP contribution is 2.34. The summed E-state index contributed by atoms with van der Waals surface area (Å²) in [4.78, 5) is 10.4. The quantitative estimate of drug-likeness (QED) is 0.149. The minimum atomic E-state index is -0.421. The number of rotatable bonds is 13. The van der Waals surface area contributed by atoms with Crippen LogP contribution in [0.4, 0.5) is 5.69 Å². The van der Waals surface area contributed by atoms with Crippen molar-refractivity contribution in [2.45, 2.75) is 31.7 Å². The van der Waals surface area contributed by atoms with Crippen LogP contribution in [0.15, 0.2) is 46.0 Å². The van der Waals surface area contributed by atoms with Crippen LogP contribution in [0.3, 0.4) is 0 Å². The van der Waals surface area contributed by atoms with Gasteiger partial charge in [-0.05, 0) is 65.7 Å². The number of nitro groups is 1. The number of non-ortho nitro benzene ring substituents is 1. The fourth-order valence-corrected chi connectivity index (χ4v) is 4.15. The molecule has 0 bridgehead atoms. The second-order valence-electron chi connectivity index (χ2n) is 7.00. The van der Waals surface area contributed by atoms with Crippen molar-refractivity contribution in [3.05, 3.63) is 62.1 Å². The predicted octanol–water partition coefficient (Wildman–Crippen LogP) is 4.13. The normalized spacial score (nSPS) is 10.9. The molecule has 33 heavy (non-hydrogen) atoms. The Kier molecular flexibility index (Phi) is 9.46. The number of nitro benzene ring substituents is 1. The molecule has 10 nitrogen and oxygen atoms in total. The molecule has 1 aromatic heterocycles. The van der Waals surface area contributed by atoms with Crippen LogP contribution < -0.4 is 14.8 Å². The van der Waals surface area contributed by atoms with Gasteiger partial charge in [-0.15, -0.1) is 5.10 Å². The number of hydrogen-bond acceptors (Lipinski definition) is 9. The summed E-state index contributed by atoms with van der Waals surface area (Å²) < 4.78 is 14.3. The Balaban J connectivity index is 1.52. The van der Waals surface area contributed by atoms with E-state index in [1.54, 1.807) is 28.6 Å². The fourth-order valence-electron chi connectivity index (χ4n) is 2.90. The highest BCUT2D eigenvalue weighted by atomic mass is 79.9. The number of nitrogens with one attached hydrogen (secondary N) is 1. The molecule has 3 rings (SSSR count). The van der Waals surface area contributed by atoms with Crippen LogP contribution in [0.2, 0.25) is 0 Å². The molecule has 0 fully saturated rings. The zero-order chi connectivity index (χ0) is 23.6. The van der Waals surface area contributed by atoms with Crippen molar-refractivity contribution in [2.24, 2.45) is 7.05 Å². The van der Waals surface area contributed by atoms with Gasteiger partial charge in [-0.1, -0.05) is 27.7 Å². The smallest absolute Gasteiger partial charge is 0.269 e. The number of hydrogen-bond donors (Lipinski definition) is 1. The number of halogens is 1. The van der Waals surface area contributed by atoms with Gasteiger partial charge in [0.05, 0.1) is 11.5 Å². The molecule has 0 saturated heterocycles. The van der Waals surface area contributed by atoms with E-state index in [1.165, 1.54) is 12.1 Å². The molecule has 0 unspecified atom stereocenters. The van der Waals surface area contributed by atoms with E-state index in [0.717, 1.165) is 39.5 Å². The number of thioether (sulfide) groups is 1. The van der Waals surface area contributed by atoms with Crippen LogP contribution in [0.5, 0.6) is 11.5 Å². The Bertz CT molecular complexity index is 1060. The van der Waals surface area contributed by atoms with Gasteiger partial charge in [0.25, 0.3) is 5.69 Å². The molecule has 0 aliphatic rings. The lowest BCUT2D eigenvalue weighted by Gasteiger charge is -2.15. The summed E-state index contributed by atoms with van der Waals surface area (Å²) >= 11 is 5.25. The third-order valence-electron chi connectivity index (χ3n) is 4.58. The largest absolute Gasteiger partial charge is 0.490 e. The van der Waals surface area contributed by atoms with E-state index in [9.17, 15) is 10.1 Å². The lowest BCUT2D eigenvalue weighted by molar-refractivity contribution is -0.384. The van der Waals surface area contributed by atoms with Crippen LogP contribution >= 0.6 is 27.7 Å². The van der Waals surface area contributed by atoms with E-state index in [-0.39, 0.29) is 12.3 Å². The minimum Gasteiger partial charge on any atom is -0.490 e. The van der Waals surface area contributed by atoms with Crippen LogP contribution in [0, 0.1) is 10.1 Å². The molecule has 0 radical (unpaired) electrons. The Labute approximate surface area is 204 Å². The van der Waals surface area contributed by atoms with Crippen molar-refractivity contribution in [1.29, 1.82) is 0 Å². The molecular formula is C21H25BrN6O4S. The number of benzene rings is 2. The van der Waals surface area contributed by atoms with Crippen molar-refractivity contribution in [2.75, 3.05) is 18.9 Å². The summed E-state index contributed by atoms with van der Waals surface area (Å²) in [7, 11) is 1.83. The number of nitrogens with zero attached hydrogens (tertiary/aromatic N) is 5. The second-order valence-corrected chi connectivity index (χ2v) is 8.92. The summed E-state index contributed by atoms with van der Waals surface area (Å²) in [5.74, 6) is 2.19. The minimum absolute atomic E-state index is 0.0533. The molecule has 176 valence electrons. The third kappa shape index (κ3) is 7.41. The summed E-state index contributed by atoms with van der Waals surface area (Å²) in [6.45, 7) is 4.24. The number of ether oxygens (including phenoxy) is 2. The van der Waals surface area contributed by atoms with Gasteiger partial charge in [0, 0.05) is 36.0 Å². The lowest BCUT2D eigenvalue weighted by Crippen LogP contribution is -2.16. The van der Waals surface area contributed by atoms with E-state index in [0.29, 0.717) is 24.7 Å². The van der Waals surface area contributed by atoms with Crippen LogP contribution in [0.1, 0.15) is 24.5 Å². The lowest BCUT2D eigenvalue weighted by atomic mass is 10.2. The highest BCUT2D eigenvalue weighted by molar-refractivity contribution is 9.10. The van der Waals surface area contributed by atoms with Crippen molar-refractivity contribution < 1.29 is 14.4 Å². The molecule has 0 spiro atoms. The number of aromatic nitrogens is 4. The Morgan fingerprint density at radius 3 is 2.64 bits per heavy atom. The van der Waals surface area contributed by atoms with E-state index in [2.05, 4.69) is 36.8 Å². The molecule has 1 heterocycles. The summed E-state index contributed by atoms with van der Waals surface area (Å²) in [5, 5.41) is 26.5. The first-order valence-corrected chi connectivity index (χ1v) is 12.1. The van der Waals surface area contributed by atoms with Crippen LogP contribution in [-0.4, -0.2) is 44.0 Å². The van der Waals surface area contributed by atoms with Gasteiger partial charge < -0.3 is 14.8 Å². The topological polar surface area (TPSA) is 117 Å². The number of aryl methyl sites for hydroxylation is 1. The summed E-state index contributed by atoms with van der Waals surface area (Å²) in [6.07, 6.45) is 0.976. The highest BCUT2D eigenvalue weighted by Gasteiger charge is 2.12. The van der Waals surface area contributed by atoms with E-state index >= 15 is 0 Å². The van der Waals surface area contributed by atoms with Gasteiger partial charge in [0.15, 0.2) is 11.5 Å². The van der Waals surface area contributed by atoms with Crippen molar-refractivity contribution in [1.82, 2.24) is 25.5 Å². The first-order valence-electron chi connectivity index (χ1n) is 10.3. The third-order valence-corrected chi connectivity index (χ3v) is 6.41. The van der Waals surface area contributed by atoms with Crippen molar-refractivity contribution >= 4 is 33.4 Å². The van der Waals surface area contributed by atoms with Gasteiger partial charge >= 0.3 is 0 Å². The predicted molar refractivity (Wildman–Crippen MR) is 129 cm³/mol. The standard InChI is InChI=1S/C21H25BrN6O4S/c1-3-31-19-11-16(13-23-9-4-10-33-21-24-25-26-27(21)2)18(22)12-20(19)32-14-15-5-7-17(8-6-15)28(29)30/h5-8,11-12,23H,3-4,9-10,13-14H2,1-2H3. The first-order chi connectivity index (χ1) is 16.0. The van der Waals surface area contributed by atoms with Crippen molar-refractivity contribution in [3.8, 4) is 11.5 Å². The Hall–Kier alpha value is -2.70. The van der Waals surface area contributed by atoms with Gasteiger partial charge in [0.1, 0.15) is 6.61 Å². The Morgan fingerprint density at radius 2 is 1.97 bits per heavy atom. The SMILES string of the molecule is CCOc1cc(CNCCCSc2nnnn2C)c(Br)cc1OCc1ccc([N+](=O)[O-])cc1. The zero-order valence-corrected chi connectivity index (χ0v) is 20.8. The molecule has 0 aliphatic heterocycles. The molecule has 12 heteroatoms. The van der Waals surface area contributed by atoms with Gasteiger partial charge in [-0.3, -0.25) is 10.1 Å². The maximum atomic E-state index is 10.8. The van der Waals surface area contributed by atoms with Crippen molar-refractivity contribution in [3.63, 3.8) is 0 Å². The average Bonchev–Trinajstić information content (AvgIpc) is 3.21. The fraction of sp³-hybridized carbons (Fsp3) is 0.381. The van der Waals surface area contributed by atoms with Gasteiger partial charge in [-0.2, -0.15) is 0 Å². The van der Waals surface area contributed by atoms with Crippen LogP contribution in [-0.2, 0) is 20.2 Å².